The molecule has 2 rings (SSSR count). The summed E-state index contributed by atoms with van der Waals surface area (Å²) in [5.74, 6) is -2.14. The van der Waals surface area contributed by atoms with E-state index in [1.165, 1.54) is 19.2 Å². The van der Waals surface area contributed by atoms with Crippen LogP contribution in [-0.4, -0.2) is 18.9 Å². The van der Waals surface area contributed by atoms with Gasteiger partial charge in [0.2, 0.25) is 0 Å². The Labute approximate surface area is 116 Å². The summed E-state index contributed by atoms with van der Waals surface area (Å²) < 4.78 is 18.4. The molecule has 0 fully saturated rings. The number of hydrogen-bond donors (Lipinski definition) is 0. The lowest BCUT2D eigenvalue weighted by Crippen LogP contribution is -2.25. The van der Waals surface area contributed by atoms with Crippen molar-refractivity contribution >= 4 is 22.5 Å². The highest BCUT2D eigenvalue weighted by Gasteiger charge is 2.28. The van der Waals surface area contributed by atoms with Crippen molar-refractivity contribution < 1.29 is 18.7 Å². The van der Waals surface area contributed by atoms with Gasteiger partial charge in [-0.3, -0.25) is 9.59 Å². The molecule has 0 aliphatic rings. The number of ketones is 1. The van der Waals surface area contributed by atoms with E-state index in [1.807, 2.05) is 0 Å². The minimum absolute atomic E-state index is 0.337. The van der Waals surface area contributed by atoms with Crippen molar-refractivity contribution in [2.75, 3.05) is 7.11 Å². The van der Waals surface area contributed by atoms with Crippen molar-refractivity contribution in [3.05, 3.63) is 47.8 Å². The van der Waals surface area contributed by atoms with E-state index in [-0.39, 0.29) is 11.6 Å². The van der Waals surface area contributed by atoms with E-state index in [1.54, 1.807) is 31.2 Å². The molecule has 0 spiro atoms. The molecule has 1 atom stereocenters. The average molecular weight is 274 g/mol. The summed E-state index contributed by atoms with van der Waals surface area (Å²) in [5.41, 5.74) is 0.347. The topological polar surface area (TPSA) is 43.4 Å². The quantitative estimate of drug-likeness (QED) is 0.488. The van der Waals surface area contributed by atoms with Gasteiger partial charge in [0, 0.05) is 10.9 Å². The van der Waals surface area contributed by atoms with Crippen LogP contribution in [-0.2, 0) is 9.53 Å². The molecule has 3 nitrogen and oxygen atoms in total. The monoisotopic (exact) mass is 274 g/mol. The minimum Gasteiger partial charge on any atom is -0.468 e. The first-order valence-corrected chi connectivity index (χ1v) is 6.39. The summed E-state index contributed by atoms with van der Waals surface area (Å²) >= 11 is 0. The molecule has 0 N–H and O–H groups in total. The van der Waals surface area contributed by atoms with Crippen molar-refractivity contribution in [1.82, 2.24) is 0 Å². The maximum absolute atomic E-state index is 13.7. The smallest absolute Gasteiger partial charge is 0.316 e. The Morgan fingerprint density at radius 1 is 1.15 bits per heavy atom. The molecule has 0 bridgehead atoms. The van der Waals surface area contributed by atoms with E-state index in [0.29, 0.717) is 22.8 Å². The van der Waals surface area contributed by atoms with Crippen molar-refractivity contribution in [2.45, 2.75) is 13.3 Å². The molecule has 0 aliphatic carbocycles. The zero-order valence-electron chi connectivity index (χ0n) is 11.4. The number of benzene rings is 2. The Kier molecular flexibility index (Phi) is 4.13. The average Bonchev–Trinajstić information content (AvgIpc) is 2.48. The van der Waals surface area contributed by atoms with Crippen molar-refractivity contribution in [2.24, 2.45) is 5.92 Å². The van der Waals surface area contributed by atoms with E-state index in [9.17, 15) is 14.0 Å². The summed E-state index contributed by atoms with van der Waals surface area (Å²) in [6, 6.07) is 9.40. The number of methoxy groups -OCH3 is 1. The van der Waals surface area contributed by atoms with E-state index < -0.39 is 11.9 Å². The maximum atomic E-state index is 13.7. The molecule has 1 unspecified atom stereocenters. The maximum Gasteiger partial charge on any atom is 0.316 e. The Morgan fingerprint density at radius 3 is 2.40 bits per heavy atom. The summed E-state index contributed by atoms with van der Waals surface area (Å²) in [6.45, 7) is 1.74. The lowest BCUT2D eigenvalue weighted by molar-refractivity contribution is -0.143. The number of carbonyl (C=O) groups is 2. The highest BCUT2D eigenvalue weighted by molar-refractivity contribution is 6.15. The van der Waals surface area contributed by atoms with Crippen molar-refractivity contribution in [3.63, 3.8) is 0 Å². The summed E-state index contributed by atoms with van der Waals surface area (Å²) in [4.78, 5) is 24.1. The predicted molar refractivity (Wildman–Crippen MR) is 74.0 cm³/mol. The van der Waals surface area contributed by atoms with Crippen molar-refractivity contribution in [1.29, 1.82) is 0 Å². The zero-order valence-corrected chi connectivity index (χ0v) is 11.4. The Bertz CT molecular complexity index is 664. The van der Waals surface area contributed by atoms with Gasteiger partial charge >= 0.3 is 5.97 Å². The van der Waals surface area contributed by atoms with Crippen LogP contribution >= 0.6 is 0 Å². The van der Waals surface area contributed by atoms with Gasteiger partial charge in [-0.15, -0.1) is 0 Å². The van der Waals surface area contributed by atoms with Gasteiger partial charge in [0.15, 0.2) is 5.78 Å². The van der Waals surface area contributed by atoms with Gasteiger partial charge in [-0.2, -0.15) is 0 Å². The first-order valence-electron chi connectivity index (χ1n) is 6.39. The summed E-state index contributed by atoms with van der Waals surface area (Å²) in [6.07, 6.45) is 0.344. The molecule has 0 aliphatic heterocycles. The van der Waals surface area contributed by atoms with E-state index in [0.717, 1.165) is 0 Å². The summed E-state index contributed by atoms with van der Waals surface area (Å²) in [7, 11) is 1.25. The fraction of sp³-hybridized carbons (Fsp3) is 0.250. The molecule has 104 valence electrons. The van der Waals surface area contributed by atoms with E-state index in [2.05, 4.69) is 4.74 Å². The van der Waals surface area contributed by atoms with Gasteiger partial charge < -0.3 is 4.74 Å². The van der Waals surface area contributed by atoms with Crippen molar-refractivity contribution in [3.8, 4) is 0 Å². The van der Waals surface area contributed by atoms with Crippen LogP contribution in [0.25, 0.3) is 10.8 Å². The minimum atomic E-state index is -0.853. The van der Waals surface area contributed by atoms with Crippen LogP contribution < -0.4 is 0 Å². The third-order valence-corrected chi connectivity index (χ3v) is 3.35. The SMILES string of the molecule is CCC(C(=O)OC)C(=O)c1ccc(F)c2ccccc12. The number of fused-ring (bicyclic) bond motifs is 1. The highest BCUT2D eigenvalue weighted by atomic mass is 19.1. The summed E-state index contributed by atoms with van der Waals surface area (Å²) in [5, 5.41) is 0.887. The molecular weight excluding hydrogens is 259 g/mol. The fourth-order valence-corrected chi connectivity index (χ4v) is 2.27. The third kappa shape index (κ3) is 2.41. The van der Waals surface area contributed by atoms with Crippen LogP contribution in [0.3, 0.4) is 0 Å². The van der Waals surface area contributed by atoms with Gasteiger partial charge in [-0.1, -0.05) is 31.2 Å². The number of ether oxygens (including phenoxy) is 1. The van der Waals surface area contributed by atoms with Crippen LogP contribution in [0.1, 0.15) is 23.7 Å². The second kappa shape index (κ2) is 5.82. The highest BCUT2D eigenvalue weighted by Crippen LogP contribution is 2.25. The van der Waals surface area contributed by atoms with Crippen LogP contribution in [0.2, 0.25) is 0 Å². The van der Waals surface area contributed by atoms with Gasteiger partial charge in [-0.05, 0) is 23.9 Å². The largest absolute Gasteiger partial charge is 0.468 e. The third-order valence-electron chi connectivity index (χ3n) is 3.35. The molecule has 0 aromatic heterocycles. The fourth-order valence-electron chi connectivity index (χ4n) is 2.27. The number of rotatable bonds is 4. The molecule has 20 heavy (non-hydrogen) atoms. The molecule has 0 amide bonds. The van der Waals surface area contributed by atoms with Gasteiger partial charge in [0.1, 0.15) is 11.7 Å². The molecular formula is C16H15FO3. The van der Waals surface area contributed by atoms with Crippen LogP contribution in [0.15, 0.2) is 36.4 Å². The lowest BCUT2D eigenvalue weighted by Gasteiger charge is -2.13. The second-order valence-electron chi connectivity index (χ2n) is 4.49. The van der Waals surface area contributed by atoms with Gasteiger partial charge in [0.25, 0.3) is 0 Å². The molecule has 2 aromatic carbocycles. The number of esters is 1. The molecule has 4 heteroatoms. The standard InChI is InChI=1S/C16H15FO3/c1-3-10(16(19)20-2)15(18)13-8-9-14(17)12-7-5-4-6-11(12)13/h4-10H,3H2,1-2H3. The second-order valence-corrected chi connectivity index (χ2v) is 4.49. The normalized spacial score (nSPS) is 12.2. The molecule has 0 saturated carbocycles. The first-order chi connectivity index (χ1) is 9.60. The van der Waals surface area contributed by atoms with E-state index >= 15 is 0 Å². The van der Waals surface area contributed by atoms with Gasteiger partial charge in [-0.25, -0.2) is 4.39 Å². The van der Waals surface area contributed by atoms with Crippen LogP contribution in [0, 0.1) is 11.7 Å². The lowest BCUT2D eigenvalue weighted by atomic mass is 9.91. The number of halogens is 1. The van der Waals surface area contributed by atoms with E-state index in [4.69, 9.17) is 0 Å². The predicted octanol–water partition coefficient (Wildman–Crippen LogP) is 3.36. The molecule has 0 saturated heterocycles. The number of carbonyl (C=O) groups excluding carboxylic acids is 2. The Hall–Kier alpha value is -2.23. The Morgan fingerprint density at radius 2 is 1.80 bits per heavy atom. The van der Waals surface area contributed by atoms with Crippen LogP contribution in [0.5, 0.6) is 0 Å². The number of Topliss-reactive ketones (excluding diaryl/α,β-unsaturated/α-hetero) is 1. The van der Waals surface area contributed by atoms with Gasteiger partial charge in [0.05, 0.1) is 7.11 Å². The molecule has 2 aromatic rings. The van der Waals surface area contributed by atoms with Crippen LogP contribution in [0.4, 0.5) is 4.39 Å². The molecule has 0 heterocycles. The zero-order chi connectivity index (χ0) is 14.7. The molecule has 0 radical (unpaired) electrons. The Balaban J connectivity index is 2.55. The number of hydrogen-bond acceptors (Lipinski definition) is 3. The first kappa shape index (κ1) is 14.2.